The molecule has 1 aromatic rings. The minimum absolute atomic E-state index is 0.441. The van der Waals surface area contributed by atoms with Crippen molar-refractivity contribution in [2.24, 2.45) is 0 Å². The Kier molecular flexibility index (Phi) is 3.88. The van der Waals surface area contributed by atoms with Crippen LogP contribution < -0.4 is 10.1 Å². The number of Topliss-reactive ketones (excluding diaryl/α,β-unsaturated/α-hetero) is 1. The number of hydrogen-bond acceptors (Lipinski definition) is 4. The van der Waals surface area contributed by atoms with Crippen LogP contribution in [0.5, 0.6) is 5.75 Å². The zero-order chi connectivity index (χ0) is 12.1. The van der Waals surface area contributed by atoms with Crippen LogP contribution in [0.1, 0.15) is 6.92 Å². The normalized spacial score (nSPS) is 11.6. The van der Waals surface area contributed by atoms with Gasteiger partial charge in [0, 0.05) is 5.69 Å². The summed E-state index contributed by atoms with van der Waals surface area (Å²) in [6.45, 7) is 1.23. The predicted molar refractivity (Wildman–Crippen MR) is 58.7 cm³/mol. The highest BCUT2D eigenvalue weighted by Crippen LogP contribution is 2.15. The number of benzene rings is 1. The van der Waals surface area contributed by atoms with E-state index in [1.165, 1.54) is 14.0 Å². The Labute approximate surface area is 93.0 Å². The van der Waals surface area contributed by atoms with Crippen molar-refractivity contribution in [3.05, 3.63) is 24.3 Å². The average molecular weight is 223 g/mol. The van der Waals surface area contributed by atoms with Gasteiger partial charge in [-0.15, -0.1) is 0 Å². The largest absolute Gasteiger partial charge is 0.497 e. The number of rotatable bonds is 5. The first-order valence-corrected chi connectivity index (χ1v) is 4.68. The van der Waals surface area contributed by atoms with Crippen LogP contribution in [0.2, 0.25) is 0 Å². The van der Waals surface area contributed by atoms with Gasteiger partial charge >= 0.3 is 5.97 Å². The summed E-state index contributed by atoms with van der Waals surface area (Å²) < 4.78 is 4.96. The molecule has 2 N–H and O–H groups in total. The number of carboxylic acids is 1. The van der Waals surface area contributed by atoms with Crippen molar-refractivity contribution in [2.45, 2.75) is 13.0 Å². The number of carboxylic acid groups (broad SMARTS) is 1. The summed E-state index contributed by atoms with van der Waals surface area (Å²) in [6, 6.07) is 5.45. The highest BCUT2D eigenvalue weighted by molar-refractivity contribution is 6.03. The molecule has 86 valence electrons. The molecule has 0 fully saturated rings. The van der Waals surface area contributed by atoms with E-state index in [0.717, 1.165) is 0 Å². The SMILES string of the molecule is COc1ccc(NC(C(C)=O)C(=O)O)cc1. The van der Waals surface area contributed by atoms with E-state index in [-0.39, 0.29) is 0 Å². The summed E-state index contributed by atoms with van der Waals surface area (Å²) >= 11 is 0. The highest BCUT2D eigenvalue weighted by atomic mass is 16.5. The highest BCUT2D eigenvalue weighted by Gasteiger charge is 2.21. The van der Waals surface area contributed by atoms with Crippen LogP contribution in [0.3, 0.4) is 0 Å². The molecular weight excluding hydrogens is 210 g/mol. The number of aliphatic carboxylic acids is 1. The van der Waals surface area contributed by atoms with Crippen molar-refractivity contribution in [1.82, 2.24) is 0 Å². The molecule has 5 nitrogen and oxygen atoms in total. The first kappa shape index (κ1) is 12.0. The molecule has 0 aromatic heterocycles. The molecule has 1 rings (SSSR count). The van der Waals surface area contributed by atoms with E-state index in [9.17, 15) is 9.59 Å². The lowest BCUT2D eigenvalue weighted by Gasteiger charge is -2.12. The van der Waals surface area contributed by atoms with Gasteiger partial charge in [0.25, 0.3) is 0 Å². The number of hydrogen-bond donors (Lipinski definition) is 2. The fraction of sp³-hybridized carbons (Fsp3) is 0.273. The van der Waals surface area contributed by atoms with Crippen molar-refractivity contribution in [2.75, 3.05) is 12.4 Å². The lowest BCUT2D eigenvalue weighted by atomic mass is 10.2. The molecular formula is C11H13NO4. The summed E-state index contributed by atoms with van der Waals surface area (Å²) in [7, 11) is 1.54. The maximum absolute atomic E-state index is 11.0. The van der Waals surface area contributed by atoms with Gasteiger partial charge in [0.05, 0.1) is 7.11 Å². The number of carbonyl (C=O) groups is 2. The summed E-state index contributed by atoms with van der Waals surface area (Å²) in [5.41, 5.74) is 0.559. The lowest BCUT2D eigenvalue weighted by molar-refractivity contribution is -0.140. The van der Waals surface area contributed by atoms with Gasteiger partial charge in [-0.3, -0.25) is 4.79 Å². The Morgan fingerprint density at radius 2 is 1.88 bits per heavy atom. The standard InChI is InChI=1S/C11H13NO4/c1-7(13)10(11(14)15)12-8-3-5-9(16-2)6-4-8/h3-6,10,12H,1-2H3,(H,14,15). The third kappa shape index (κ3) is 2.98. The number of ether oxygens (including phenoxy) is 1. The molecule has 16 heavy (non-hydrogen) atoms. The van der Waals surface area contributed by atoms with Gasteiger partial charge in [-0.1, -0.05) is 0 Å². The second kappa shape index (κ2) is 5.16. The van der Waals surface area contributed by atoms with Crippen LogP contribution in [0.25, 0.3) is 0 Å². The summed E-state index contributed by atoms with van der Waals surface area (Å²) in [6.07, 6.45) is 0. The van der Waals surface area contributed by atoms with Gasteiger partial charge in [-0.2, -0.15) is 0 Å². The molecule has 0 bridgehead atoms. The van der Waals surface area contributed by atoms with Crippen molar-refractivity contribution in [3.63, 3.8) is 0 Å². The Hall–Kier alpha value is -2.04. The Balaban J connectivity index is 2.77. The third-order valence-electron chi connectivity index (χ3n) is 2.05. The maximum atomic E-state index is 11.0. The number of ketones is 1. The first-order chi connectivity index (χ1) is 7.54. The smallest absolute Gasteiger partial charge is 0.333 e. The van der Waals surface area contributed by atoms with Crippen LogP contribution in [-0.4, -0.2) is 30.0 Å². The van der Waals surface area contributed by atoms with Crippen molar-refractivity contribution < 1.29 is 19.4 Å². The van der Waals surface area contributed by atoms with E-state index >= 15 is 0 Å². The van der Waals surface area contributed by atoms with Crippen LogP contribution in [0.4, 0.5) is 5.69 Å². The zero-order valence-corrected chi connectivity index (χ0v) is 9.06. The van der Waals surface area contributed by atoms with E-state index in [4.69, 9.17) is 9.84 Å². The first-order valence-electron chi connectivity index (χ1n) is 4.68. The van der Waals surface area contributed by atoms with Crippen LogP contribution >= 0.6 is 0 Å². The minimum Gasteiger partial charge on any atom is -0.497 e. The fourth-order valence-electron chi connectivity index (χ4n) is 1.19. The average Bonchev–Trinajstić information content (AvgIpc) is 2.25. The van der Waals surface area contributed by atoms with Gasteiger partial charge in [0.1, 0.15) is 5.75 Å². The minimum atomic E-state index is -1.21. The zero-order valence-electron chi connectivity index (χ0n) is 9.06. The second-order valence-electron chi connectivity index (χ2n) is 3.25. The van der Waals surface area contributed by atoms with E-state index in [2.05, 4.69) is 5.32 Å². The van der Waals surface area contributed by atoms with Gasteiger partial charge in [-0.05, 0) is 31.2 Å². The molecule has 0 aliphatic heterocycles. The molecule has 1 unspecified atom stereocenters. The van der Waals surface area contributed by atoms with Crippen LogP contribution in [0.15, 0.2) is 24.3 Å². The van der Waals surface area contributed by atoms with Gasteiger partial charge in [0.2, 0.25) is 0 Å². The number of carbonyl (C=O) groups excluding carboxylic acids is 1. The predicted octanol–water partition coefficient (Wildman–Crippen LogP) is 1.15. The molecule has 0 aliphatic rings. The van der Waals surface area contributed by atoms with Gasteiger partial charge < -0.3 is 15.2 Å². The molecule has 1 aromatic carbocycles. The molecule has 0 spiro atoms. The van der Waals surface area contributed by atoms with E-state index < -0.39 is 17.8 Å². The van der Waals surface area contributed by atoms with Crippen molar-refractivity contribution in [3.8, 4) is 5.75 Å². The molecule has 0 saturated heterocycles. The fourth-order valence-corrected chi connectivity index (χ4v) is 1.19. The van der Waals surface area contributed by atoms with Gasteiger partial charge in [0.15, 0.2) is 11.8 Å². The molecule has 0 aliphatic carbocycles. The molecule has 1 atom stereocenters. The molecule has 5 heteroatoms. The Bertz CT molecular complexity index is 371. The van der Waals surface area contributed by atoms with Crippen LogP contribution in [-0.2, 0) is 9.59 Å². The number of anilines is 1. The molecule has 0 heterocycles. The third-order valence-corrected chi connectivity index (χ3v) is 2.05. The van der Waals surface area contributed by atoms with E-state index in [1.54, 1.807) is 24.3 Å². The topological polar surface area (TPSA) is 75.6 Å². The Morgan fingerprint density at radius 3 is 2.25 bits per heavy atom. The lowest BCUT2D eigenvalue weighted by Crippen LogP contribution is -2.35. The maximum Gasteiger partial charge on any atom is 0.333 e. The molecule has 0 radical (unpaired) electrons. The quantitative estimate of drug-likeness (QED) is 0.732. The summed E-state index contributed by atoms with van der Waals surface area (Å²) in [5, 5.41) is 11.4. The second-order valence-corrected chi connectivity index (χ2v) is 3.25. The van der Waals surface area contributed by atoms with E-state index in [0.29, 0.717) is 11.4 Å². The van der Waals surface area contributed by atoms with Crippen molar-refractivity contribution >= 4 is 17.4 Å². The van der Waals surface area contributed by atoms with E-state index in [1.807, 2.05) is 0 Å². The molecule has 0 amide bonds. The number of methoxy groups -OCH3 is 1. The molecule has 0 saturated carbocycles. The van der Waals surface area contributed by atoms with Gasteiger partial charge in [-0.25, -0.2) is 4.79 Å². The summed E-state index contributed by atoms with van der Waals surface area (Å²) in [4.78, 5) is 21.8. The van der Waals surface area contributed by atoms with Crippen molar-refractivity contribution in [1.29, 1.82) is 0 Å². The number of nitrogens with one attached hydrogen (secondary N) is 1. The summed E-state index contributed by atoms with van der Waals surface area (Å²) in [5.74, 6) is -0.966. The Morgan fingerprint density at radius 1 is 1.31 bits per heavy atom. The monoisotopic (exact) mass is 223 g/mol. The van der Waals surface area contributed by atoms with Crippen LogP contribution in [0, 0.1) is 0 Å².